The quantitative estimate of drug-likeness (QED) is 0.641. The summed E-state index contributed by atoms with van der Waals surface area (Å²) in [4.78, 5) is 25.3. The van der Waals surface area contributed by atoms with Crippen LogP contribution in [0.2, 0.25) is 0 Å². The summed E-state index contributed by atoms with van der Waals surface area (Å²) in [5.41, 5.74) is 5.25. The van der Waals surface area contributed by atoms with Crippen molar-refractivity contribution in [3.8, 4) is 0 Å². The Morgan fingerprint density at radius 2 is 1.63 bits per heavy atom. The molecule has 30 heavy (non-hydrogen) atoms. The van der Waals surface area contributed by atoms with Gasteiger partial charge in [0.2, 0.25) is 0 Å². The van der Waals surface area contributed by atoms with E-state index in [1.807, 2.05) is 6.33 Å². The summed E-state index contributed by atoms with van der Waals surface area (Å²) >= 11 is 0. The van der Waals surface area contributed by atoms with Crippen molar-refractivity contribution in [2.24, 2.45) is 5.92 Å². The highest BCUT2D eigenvalue weighted by Gasteiger charge is 2.20. The van der Waals surface area contributed by atoms with Crippen LogP contribution in [0.1, 0.15) is 24.0 Å². The Morgan fingerprint density at radius 1 is 1.00 bits per heavy atom. The van der Waals surface area contributed by atoms with Crippen molar-refractivity contribution >= 4 is 23.0 Å². The number of aliphatic carboxylic acids is 2. The number of carbonyl (C=O) groups is 2. The van der Waals surface area contributed by atoms with E-state index in [0.717, 1.165) is 24.5 Å². The number of hydrogen-bond acceptors (Lipinski definition) is 4. The molecule has 158 valence electrons. The Hall–Kier alpha value is -3.19. The summed E-state index contributed by atoms with van der Waals surface area (Å²) in [5, 5.41) is 14.8. The first-order valence-corrected chi connectivity index (χ1v) is 10.1. The SMILES string of the molecule is Cc1ccccc1CN1CCC(Cn2cnc3ccccc32)CC1.O=C(O)C(=O)O. The Morgan fingerprint density at radius 3 is 2.30 bits per heavy atom. The van der Waals surface area contributed by atoms with E-state index < -0.39 is 11.9 Å². The number of piperidine rings is 1. The predicted octanol–water partition coefficient (Wildman–Crippen LogP) is 3.41. The van der Waals surface area contributed by atoms with Gasteiger partial charge in [-0.15, -0.1) is 0 Å². The Labute approximate surface area is 175 Å². The van der Waals surface area contributed by atoms with Gasteiger partial charge in [0.25, 0.3) is 0 Å². The molecule has 0 amide bonds. The van der Waals surface area contributed by atoms with Crippen molar-refractivity contribution in [3.63, 3.8) is 0 Å². The third-order valence-corrected chi connectivity index (χ3v) is 5.53. The molecule has 4 rings (SSSR count). The molecule has 7 heteroatoms. The maximum atomic E-state index is 9.10. The maximum Gasteiger partial charge on any atom is 0.414 e. The second-order valence-electron chi connectivity index (χ2n) is 7.64. The maximum absolute atomic E-state index is 9.10. The summed E-state index contributed by atoms with van der Waals surface area (Å²) in [5.74, 6) is -2.89. The number of imidazole rings is 1. The number of fused-ring (bicyclic) bond motifs is 1. The Balaban J connectivity index is 0.000000377. The van der Waals surface area contributed by atoms with Crippen LogP contribution in [0, 0.1) is 12.8 Å². The van der Waals surface area contributed by atoms with Crippen LogP contribution in [0.4, 0.5) is 0 Å². The number of carboxylic acid groups (broad SMARTS) is 2. The van der Waals surface area contributed by atoms with Crippen molar-refractivity contribution in [2.75, 3.05) is 13.1 Å². The van der Waals surface area contributed by atoms with E-state index >= 15 is 0 Å². The number of nitrogens with zero attached hydrogens (tertiary/aromatic N) is 3. The molecule has 1 aromatic heterocycles. The third-order valence-electron chi connectivity index (χ3n) is 5.53. The van der Waals surface area contributed by atoms with Crippen LogP contribution in [-0.2, 0) is 22.7 Å². The van der Waals surface area contributed by atoms with Crippen LogP contribution >= 0.6 is 0 Å². The van der Waals surface area contributed by atoms with Gasteiger partial charge in [0.1, 0.15) is 0 Å². The minimum absolute atomic E-state index is 0.760. The molecular weight excluding hydrogens is 382 g/mol. The fourth-order valence-corrected chi connectivity index (χ4v) is 3.79. The highest BCUT2D eigenvalue weighted by Crippen LogP contribution is 2.23. The number of para-hydroxylation sites is 2. The standard InChI is InChI=1S/C21H25N3.C2H2O4/c1-17-6-2-3-7-19(17)15-23-12-10-18(11-13-23)14-24-16-22-20-8-4-5-9-21(20)24;3-1(4)2(5)6/h2-9,16,18H,10-15H2,1H3;(H,3,4)(H,5,6). The van der Waals surface area contributed by atoms with Gasteiger partial charge in [0.05, 0.1) is 17.4 Å². The van der Waals surface area contributed by atoms with Crippen LogP contribution in [0.3, 0.4) is 0 Å². The zero-order valence-corrected chi connectivity index (χ0v) is 17.1. The van der Waals surface area contributed by atoms with Gasteiger partial charge in [-0.2, -0.15) is 0 Å². The summed E-state index contributed by atoms with van der Waals surface area (Å²) in [6.07, 6.45) is 4.56. The normalized spacial score (nSPS) is 14.8. The average molecular weight is 409 g/mol. The van der Waals surface area contributed by atoms with Crippen molar-refractivity contribution in [3.05, 3.63) is 66.0 Å². The van der Waals surface area contributed by atoms with Crippen molar-refractivity contribution in [1.82, 2.24) is 14.5 Å². The lowest BCUT2D eigenvalue weighted by Crippen LogP contribution is -2.34. The second kappa shape index (κ2) is 10.0. The number of likely N-dealkylation sites (tertiary alicyclic amines) is 1. The molecule has 1 aliphatic rings. The number of benzene rings is 2. The monoisotopic (exact) mass is 409 g/mol. The number of carboxylic acids is 2. The lowest BCUT2D eigenvalue weighted by Gasteiger charge is -2.32. The first kappa shape index (κ1) is 21.5. The van der Waals surface area contributed by atoms with Crippen LogP contribution in [-0.4, -0.2) is 49.7 Å². The number of hydrogen-bond donors (Lipinski definition) is 2. The third kappa shape index (κ3) is 5.67. The predicted molar refractivity (Wildman–Crippen MR) is 114 cm³/mol. The van der Waals surface area contributed by atoms with Gasteiger partial charge in [-0.3, -0.25) is 4.90 Å². The molecule has 0 atom stereocenters. The molecular formula is C23H27N3O4. The minimum Gasteiger partial charge on any atom is -0.473 e. The Kier molecular flexibility index (Phi) is 7.19. The van der Waals surface area contributed by atoms with Gasteiger partial charge in [-0.25, -0.2) is 14.6 Å². The summed E-state index contributed by atoms with van der Waals surface area (Å²) in [6, 6.07) is 17.2. The zero-order chi connectivity index (χ0) is 21.5. The number of aromatic nitrogens is 2. The average Bonchev–Trinajstić information content (AvgIpc) is 3.14. The fourth-order valence-electron chi connectivity index (χ4n) is 3.79. The summed E-state index contributed by atoms with van der Waals surface area (Å²) in [7, 11) is 0. The van der Waals surface area contributed by atoms with Gasteiger partial charge < -0.3 is 14.8 Å². The lowest BCUT2D eigenvalue weighted by atomic mass is 9.96. The van der Waals surface area contributed by atoms with Crippen LogP contribution < -0.4 is 0 Å². The van der Waals surface area contributed by atoms with E-state index in [4.69, 9.17) is 19.8 Å². The van der Waals surface area contributed by atoms with E-state index in [1.54, 1.807) is 0 Å². The fraction of sp³-hybridized carbons (Fsp3) is 0.348. The minimum atomic E-state index is -1.82. The molecule has 3 aromatic rings. The molecule has 0 unspecified atom stereocenters. The molecule has 1 saturated heterocycles. The highest BCUT2D eigenvalue weighted by atomic mass is 16.4. The van der Waals surface area contributed by atoms with Gasteiger partial charge in [0, 0.05) is 13.1 Å². The molecule has 1 fully saturated rings. The van der Waals surface area contributed by atoms with Crippen molar-refractivity contribution < 1.29 is 19.8 Å². The molecule has 0 radical (unpaired) electrons. The molecule has 7 nitrogen and oxygen atoms in total. The molecule has 2 N–H and O–H groups in total. The largest absolute Gasteiger partial charge is 0.473 e. The Bertz CT molecular complexity index is 994. The molecule has 2 aromatic carbocycles. The van der Waals surface area contributed by atoms with Crippen LogP contribution in [0.25, 0.3) is 11.0 Å². The number of rotatable bonds is 4. The smallest absolute Gasteiger partial charge is 0.414 e. The summed E-state index contributed by atoms with van der Waals surface area (Å²) in [6.45, 7) is 6.80. The van der Waals surface area contributed by atoms with Gasteiger partial charge in [-0.05, 0) is 62.0 Å². The summed E-state index contributed by atoms with van der Waals surface area (Å²) < 4.78 is 2.33. The van der Waals surface area contributed by atoms with Crippen LogP contribution in [0.5, 0.6) is 0 Å². The molecule has 0 bridgehead atoms. The highest BCUT2D eigenvalue weighted by molar-refractivity contribution is 6.27. The lowest BCUT2D eigenvalue weighted by molar-refractivity contribution is -0.159. The van der Waals surface area contributed by atoms with Gasteiger partial charge in [-0.1, -0.05) is 36.4 Å². The zero-order valence-electron chi connectivity index (χ0n) is 17.1. The van der Waals surface area contributed by atoms with Crippen LogP contribution in [0.15, 0.2) is 54.9 Å². The van der Waals surface area contributed by atoms with E-state index in [-0.39, 0.29) is 0 Å². The first-order valence-electron chi connectivity index (χ1n) is 10.1. The van der Waals surface area contributed by atoms with Gasteiger partial charge in [0.15, 0.2) is 0 Å². The number of aryl methyl sites for hydroxylation is 1. The van der Waals surface area contributed by atoms with E-state index in [2.05, 4.69) is 69.9 Å². The molecule has 0 aliphatic carbocycles. The van der Waals surface area contributed by atoms with E-state index in [0.29, 0.717) is 0 Å². The first-order chi connectivity index (χ1) is 14.4. The topological polar surface area (TPSA) is 95.7 Å². The van der Waals surface area contributed by atoms with E-state index in [1.165, 1.54) is 42.6 Å². The second-order valence-corrected chi connectivity index (χ2v) is 7.64. The van der Waals surface area contributed by atoms with E-state index in [9.17, 15) is 0 Å². The van der Waals surface area contributed by atoms with Crippen molar-refractivity contribution in [2.45, 2.75) is 32.9 Å². The molecule has 0 spiro atoms. The molecule has 0 saturated carbocycles. The molecule has 2 heterocycles. The van der Waals surface area contributed by atoms with Crippen molar-refractivity contribution in [1.29, 1.82) is 0 Å². The van der Waals surface area contributed by atoms with Gasteiger partial charge >= 0.3 is 11.9 Å². The molecule has 1 aliphatic heterocycles.